The molecule has 0 radical (unpaired) electrons. The maximum atomic E-state index is 10.6. The molecule has 0 unspecified atom stereocenters. The molecule has 96 valence electrons. The van der Waals surface area contributed by atoms with Gasteiger partial charge in [-0.15, -0.1) is 0 Å². The van der Waals surface area contributed by atoms with Crippen molar-refractivity contribution in [1.29, 1.82) is 0 Å². The van der Waals surface area contributed by atoms with Gasteiger partial charge in [0.1, 0.15) is 0 Å². The Labute approximate surface area is 111 Å². The van der Waals surface area contributed by atoms with Crippen molar-refractivity contribution in [3.63, 3.8) is 0 Å². The van der Waals surface area contributed by atoms with E-state index in [1.165, 1.54) is 12.1 Å². The van der Waals surface area contributed by atoms with E-state index in [1.807, 2.05) is 13.8 Å². The van der Waals surface area contributed by atoms with Crippen LogP contribution in [0.3, 0.4) is 0 Å². The smallest absolute Gasteiger partial charge is 0.335 e. The Kier molecular flexibility index (Phi) is 5.26. The topological polar surface area (TPSA) is 73.7 Å². The molecule has 5 nitrogen and oxygen atoms in total. The highest BCUT2D eigenvalue weighted by molar-refractivity contribution is 7.80. The molecule has 0 saturated heterocycles. The van der Waals surface area contributed by atoms with Crippen molar-refractivity contribution >= 4 is 29.5 Å². The molecule has 1 aromatic rings. The van der Waals surface area contributed by atoms with Crippen molar-refractivity contribution in [2.75, 3.05) is 0 Å². The number of hydrogen-bond acceptors (Lipinski definition) is 3. The second-order valence-electron chi connectivity index (χ2n) is 3.93. The van der Waals surface area contributed by atoms with Crippen LogP contribution in [0.5, 0.6) is 0 Å². The van der Waals surface area contributed by atoms with Crippen molar-refractivity contribution in [3.05, 3.63) is 35.4 Å². The first kappa shape index (κ1) is 14.1. The first-order valence-corrected chi connectivity index (χ1v) is 5.83. The zero-order valence-corrected chi connectivity index (χ0v) is 11.0. The van der Waals surface area contributed by atoms with E-state index < -0.39 is 5.97 Å². The first-order valence-electron chi connectivity index (χ1n) is 5.42. The van der Waals surface area contributed by atoms with Crippen molar-refractivity contribution in [1.82, 2.24) is 10.7 Å². The van der Waals surface area contributed by atoms with Gasteiger partial charge in [0.2, 0.25) is 0 Å². The van der Waals surface area contributed by atoms with Gasteiger partial charge in [0, 0.05) is 6.04 Å². The summed E-state index contributed by atoms with van der Waals surface area (Å²) in [7, 11) is 0. The van der Waals surface area contributed by atoms with Gasteiger partial charge in [0.15, 0.2) is 5.11 Å². The molecule has 0 amide bonds. The van der Waals surface area contributed by atoms with E-state index in [-0.39, 0.29) is 11.6 Å². The molecule has 0 fully saturated rings. The summed E-state index contributed by atoms with van der Waals surface area (Å²) in [6.45, 7) is 3.95. The van der Waals surface area contributed by atoms with Gasteiger partial charge >= 0.3 is 5.97 Å². The normalized spacial score (nSPS) is 10.6. The quantitative estimate of drug-likeness (QED) is 0.438. The molecule has 0 aromatic heterocycles. The van der Waals surface area contributed by atoms with E-state index >= 15 is 0 Å². The fourth-order valence-corrected chi connectivity index (χ4v) is 1.46. The van der Waals surface area contributed by atoms with Crippen LogP contribution in [0.2, 0.25) is 0 Å². The Morgan fingerprint density at radius 2 is 2.00 bits per heavy atom. The summed E-state index contributed by atoms with van der Waals surface area (Å²) in [6.07, 6.45) is 1.57. The first-order chi connectivity index (χ1) is 8.49. The molecule has 0 bridgehead atoms. The van der Waals surface area contributed by atoms with E-state index in [0.29, 0.717) is 5.11 Å². The van der Waals surface area contributed by atoms with Gasteiger partial charge in [0.05, 0.1) is 11.8 Å². The summed E-state index contributed by atoms with van der Waals surface area (Å²) in [6, 6.07) is 6.64. The number of hydrogen-bond donors (Lipinski definition) is 3. The number of thiocarbonyl (C=S) groups is 1. The fourth-order valence-electron chi connectivity index (χ4n) is 1.17. The van der Waals surface area contributed by atoms with E-state index in [0.717, 1.165) is 5.56 Å². The molecule has 0 aliphatic carbocycles. The zero-order chi connectivity index (χ0) is 13.5. The molecule has 0 aliphatic rings. The predicted octanol–water partition coefficient (Wildman–Crippen LogP) is 1.59. The maximum absolute atomic E-state index is 10.6. The summed E-state index contributed by atoms with van der Waals surface area (Å²) in [4.78, 5) is 10.6. The van der Waals surface area contributed by atoms with Crippen LogP contribution < -0.4 is 10.7 Å². The standard InChI is InChI=1S/C12H15N3O2S/c1-8(2)14-12(18)15-13-7-9-3-5-10(6-4-9)11(16)17/h3-8H,1-2H3,(H,16,17)(H2,14,15,18). The third-order valence-electron chi connectivity index (χ3n) is 1.96. The lowest BCUT2D eigenvalue weighted by atomic mass is 10.1. The van der Waals surface area contributed by atoms with Crippen LogP contribution in [-0.4, -0.2) is 28.4 Å². The van der Waals surface area contributed by atoms with Crippen molar-refractivity contribution < 1.29 is 9.90 Å². The minimum Gasteiger partial charge on any atom is -0.478 e. The highest BCUT2D eigenvalue weighted by Gasteiger charge is 2.00. The van der Waals surface area contributed by atoms with E-state index in [1.54, 1.807) is 18.3 Å². The highest BCUT2D eigenvalue weighted by atomic mass is 32.1. The largest absolute Gasteiger partial charge is 0.478 e. The van der Waals surface area contributed by atoms with Gasteiger partial charge in [-0.05, 0) is 43.8 Å². The SMILES string of the molecule is CC(C)NC(=S)NN=Cc1ccc(C(=O)O)cc1. The van der Waals surface area contributed by atoms with Crippen LogP contribution in [-0.2, 0) is 0 Å². The minimum atomic E-state index is -0.945. The van der Waals surface area contributed by atoms with Gasteiger partial charge in [0.25, 0.3) is 0 Å². The van der Waals surface area contributed by atoms with Crippen LogP contribution in [0.25, 0.3) is 0 Å². The summed E-state index contributed by atoms with van der Waals surface area (Å²) in [5, 5.41) is 16.1. The number of carboxylic acids is 1. The molecule has 3 N–H and O–H groups in total. The molecule has 6 heteroatoms. The number of nitrogens with zero attached hydrogens (tertiary/aromatic N) is 1. The van der Waals surface area contributed by atoms with Gasteiger partial charge < -0.3 is 10.4 Å². The summed E-state index contributed by atoms with van der Waals surface area (Å²) in [5.74, 6) is -0.945. The molecular weight excluding hydrogens is 250 g/mol. The molecule has 1 rings (SSSR count). The highest BCUT2D eigenvalue weighted by Crippen LogP contribution is 2.02. The number of benzene rings is 1. The van der Waals surface area contributed by atoms with Crippen molar-refractivity contribution in [3.8, 4) is 0 Å². The van der Waals surface area contributed by atoms with E-state index in [4.69, 9.17) is 17.3 Å². The molecule has 18 heavy (non-hydrogen) atoms. The molecule has 0 atom stereocenters. The average molecular weight is 265 g/mol. The van der Waals surface area contributed by atoms with Crippen molar-refractivity contribution in [2.45, 2.75) is 19.9 Å². The minimum absolute atomic E-state index is 0.245. The van der Waals surface area contributed by atoms with Gasteiger partial charge in [-0.2, -0.15) is 5.10 Å². The summed E-state index contributed by atoms with van der Waals surface area (Å²) >= 11 is 4.99. The van der Waals surface area contributed by atoms with Gasteiger partial charge in [-0.25, -0.2) is 4.79 Å². The Morgan fingerprint density at radius 1 is 1.39 bits per heavy atom. The molecular formula is C12H15N3O2S. The Bertz CT molecular complexity index is 455. The second kappa shape index (κ2) is 6.70. The lowest BCUT2D eigenvalue weighted by Crippen LogP contribution is -2.36. The molecule has 0 saturated carbocycles. The second-order valence-corrected chi connectivity index (χ2v) is 4.33. The van der Waals surface area contributed by atoms with Crippen LogP contribution in [0.4, 0.5) is 0 Å². The Hall–Kier alpha value is -1.95. The lowest BCUT2D eigenvalue weighted by Gasteiger charge is -2.09. The predicted molar refractivity (Wildman–Crippen MR) is 75.0 cm³/mol. The van der Waals surface area contributed by atoms with Crippen molar-refractivity contribution in [2.24, 2.45) is 5.10 Å². The number of carbonyl (C=O) groups is 1. The van der Waals surface area contributed by atoms with Crippen LogP contribution in [0.1, 0.15) is 29.8 Å². The third-order valence-corrected chi connectivity index (χ3v) is 2.17. The van der Waals surface area contributed by atoms with Gasteiger partial charge in [-0.1, -0.05) is 12.1 Å². The van der Waals surface area contributed by atoms with E-state index in [9.17, 15) is 4.79 Å². The summed E-state index contributed by atoms with van der Waals surface area (Å²) in [5.41, 5.74) is 3.71. The lowest BCUT2D eigenvalue weighted by molar-refractivity contribution is 0.0697. The van der Waals surface area contributed by atoms with Crippen LogP contribution in [0.15, 0.2) is 29.4 Å². The third kappa shape index (κ3) is 4.92. The maximum Gasteiger partial charge on any atom is 0.335 e. The summed E-state index contributed by atoms with van der Waals surface area (Å²) < 4.78 is 0. The fraction of sp³-hybridized carbons (Fsp3) is 0.250. The molecule has 1 aromatic carbocycles. The Morgan fingerprint density at radius 3 is 2.50 bits per heavy atom. The number of hydrazone groups is 1. The monoisotopic (exact) mass is 265 g/mol. The molecule has 0 aliphatic heterocycles. The van der Waals surface area contributed by atoms with Gasteiger partial charge in [-0.3, -0.25) is 5.43 Å². The van der Waals surface area contributed by atoms with E-state index in [2.05, 4.69) is 15.8 Å². The van der Waals surface area contributed by atoms with Crippen LogP contribution in [0, 0.1) is 0 Å². The average Bonchev–Trinajstić information content (AvgIpc) is 2.28. The number of aromatic carboxylic acids is 1. The van der Waals surface area contributed by atoms with Crippen LogP contribution >= 0.6 is 12.2 Å². The number of nitrogens with one attached hydrogen (secondary N) is 2. The Balaban J connectivity index is 2.52. The molecule has 0 spiro atoms. The number of carboxylic acid groups (broad SMARTS) is 1. The zero-order valence-electron chi connectivity index (χ0n) is 10.2. The number of rotatable bonds is 4. The molecule has 0 heterocycles.